The number of hydrogen-bond acceptors (Lipinski definition) is 0. The first kappa shape index (κ1) is 12.0. The molecule has 0 spiro atoms. The predicted octanol–water partition coefficient (Wildman–Crippen LogP) is 5.60. The first-order chi connectivity index (χ1) is 8.95. The SMILES string of the molecule is c1ccc(C2CCCCC2=C2CCCCC2)cc1. The van der Waals surface area contributed by atoms with Crippen LogP contribution in [0.3, 0.4) is 0 Å². The Labute approximate surface area is 111 Å². The molecule has 3 rings (SSSR count). The lowest BCUT2D eigenvalue weighted by atomic mass is 9.75. The van der Waals surface area contributed by atoms with Gasteiger partial charge in [-0.3, -0.25) is 0 Å². The van der Waals surface area contributed by atoms with E-state index in [1.807, 2.05) is 11.1 Å². The molecule has 0 heterocycles. The van der Waals surface area contributed by atoms with E-state index in [0.717, 1.165) is 5.92 Å². The van der Waals surface area contributed by atoms with Crippen molar-refractivity contribution in [3.63, 3.8) is 0 Å². The van der Waals surface area contributed by atoms with Gasteiger partial charge in [0.2, 0.25) is 0 Å². The van der Waals surface area contributed by atoms with Crippen LogP contribution < -0.4 is 0 Å². The summed E-state index contributed by atoms with van der Waals surface area (Å²) in [6.07, 6.45) is 12.7. The lowest BCUT2D eigenvalue weighted by molar-refractivity contribution is 0.510. The summed E-state index contributed by atoms with van der Waals surface area (Å²) in [4.78, 5) is 0. The lowest BCUT2D eigenvalue weighted by Crippen LogP contribution is -2.12. The van der Waals surface area contributed by atoms with Gasteiger partial charge >= 0.3 is 0 Å². The van der Waals surface area contributed by atoms with Gasteiger partial charge in [0.05, 0.1) is 0 Å². The van der Waals surface area contributed by atoms with E-state index in [-0.39, 0.29) is 0 Å². The predicted molar refractivity (Wildman–Crippen MR) is 77.8 cm³/mol. The Morgan fingerprint density at radius 3 is 2.22 bits per heavy atom. The van der Waals surface area contributed by atoms with Gasteiger partial charge in [0.25, 0.3) is 0 Å². The van der Waals surface area contributed by atoms with Crippen LogP contribution in [0.1, 0.15) is 69.3 Å². The third-order valence-electron chi connectivity index (χ3n) is 4.72. The Bertz CT molecular complexity index is 405. The molecule has 1 aromatic carbocycles. The Balaban J connectivity index is 1.90. The molecule has 18 heavy (non-hydrogen) atoms. The minimum absolute atomic E-state index is 0.744. The molecule has 0 aliphatic heterocycles. The first-order valence-corrected chi connectivity index (χ1v) is 7.71. The monoisotopic (exact) mass is 240 g/mol. The van der Waals surface area contributed by atoms with Crippen LogP contribution in [0.15, 0.2) is 41.5 Å². The van der Waals surface area contributed by atoms with Crippen LogP contribution in [0, 0.1) is 0 Å². The Morgan fingerprint density at radius 2 is 1.44 bits per heavy atom. The second-order valence-corrected chi connectivity index (χ2v) is 5.90. The number of benzene rings is 1. The zero-order valence-electron chi connectivity index (χ0n) is 11.3. The van der Waals surface area contributed by atoms with Crippen LogP contribution in [-0.2, 0) is 0 Å². The largest absolute Gasteiger partial charge is 0.0704 e. The van der Waals surface area contributed by atoms with Gasteiger partial charge in [-0.05, 0) is 50.5 Å². The molecule has 0 bridgehead atoms. The van der Waals surface area contributed by atoms with Crippen molar-refractivity contribution in [1.82, 2.24) is 0 Å². The maximum atomic E-state index is 2.33. The molecular weight excluding hydrogens is 216 g/mol. The van der Waals surface area contributed by atoms with Crippen molar-refractivity contribution in [2.24, 2.45) is 0 Å². The third kappa shape index (κ3) is 2.53. The molecule has 0 amide bonds. The summed E-state index contributed by atoms with van der Waals surface area (Å²) in [6.45, 7) is 0. The van der Waals surface area contributed by atoms with Crippen LogP contribution in [0.25, 0.3) is 0 Å². The normalized spacial score (nSPS) is 25.2. The Hall–Kier alpha value is -1.04. The van der Waals surface area contributed by atoms with Gasteiger partial charge in [-0.15, -0.1) is 0 Å². The van der Waals surface area contributed by atoms with E-state index in [4.69, 9.17) is 0 Å². The molecule has 2 saturated carbocycles. The first-order valence-electron chi connectivity index (χ1n) is 7.71. The van der Waals surface area contributed by atoms with E-state index < -0.39 is 0 Å². The molecule has 2 aliphatic rings. The van der Waals surface area contributed by atoms with E-state index in [9.17, 15) is 0 Å². The fraction of sp³-hybridized carbons (Fsp3) is 0.556. The van der Waals surface area contributed by atoms with Crippen LogP contribution in [-0.4, -0.2) is 0 Å². The molecule has 0 N–H and O–H groups in total. The van der Waals surface area contributed by atoms with E-state index in [0.29, 0.717) is 0 Å². The van der Waals surface area contributed by atoms with Gasteiger partial charge in [-0.2, -0.15) is 0 Å². The summed E-state index contributed by atoms with van der Waals surface area (Å²) < 4.78 is 0. The van der Waals surface area contributed by atoms with Crippen molar-refractivity contribution in [3.05, 3.63) is 47.0 Å². The van der Waals surface area contributed by atoms with E-state index in [1.54, 1.807) is 5.56 Å². The zero-order valence-corrected chi connectivity index (χ0v) is 11.3. The molecule has 2 fully saturated rings. The second-order valence-electron chi connectivity index (χ2n) is 5.90. The Morgan fingerprint density at radius 1 is 0.722 bits per heavy atom. The summed E-state index contributed by atoms with van der Waals surface area (Å²) in [6, 6.07) is 11.2. The summed E-state index contributed by atoms with van der Waals surface area (Å²) in [5.74, 6) is 0.744. The van der Waals surface area contributed by atoms with Crippen LogP contribution in [0.2, 0.25) is 0 Å². The van der Waals surface area contributed by atoms with Crippen molar-refractivity contribution in [3.8, 4) is 0 Å². The van der Waals surface area contributed by atoms with E-state index in [2.05, 4.69) is 30.3 Å². The molecule has 0 saturated heterocycles. The zero-order chi connectivity index (χ0) is 12.2. The van der Waals surface area contributed by atoms with Gasteiger partial charge in [-0.25, -0.2) is 0 Å². The summed E-state index contributed by atoms with van der Waals surface area (Å²) in [5.41, 5.74) is 5.22. The molecule has 1 unspecified atom stereocenters. The van der Waals surface area contributed by atoms with Gasteiger partial charge < -0.3 is 0 Å². The van der Waals surface area contributed by atoms with Gasteiger partial charge in [-0.1, -0.05) is 54.3 Å². The average molecular weight is 240 g/mol. The van der Waals surface area contributed by atoms with Gasteiger partial charge in [0.1, 0.15) is 0 Å². The van der Waals surface area contributed by atoms with Crippen LogP contribution in [0.4, 0.5) is 0 Å². The highest BCUT2D eigenvalue weighted by Gasteiger charge is 2.23. The average Bonchev–Trinajstić information content (AvgIpc) is 2.49. The molecule has 1 atom stereocenters. The van der Waals surface area contributed by atoms with E-state index >= 15 is 0 Å². The highest BCUT2D eigenvalue weighted by molar-refractivity contribution is 5.33. The maximum absolute atomic E-state index is 2.33. The highest BCUT2D eigenvalue weighted by Crippen LogP contribution is 2.42. The molecule has 0 radical (unpaired) electrons. The molecule has 0 aromatic heterocycles. The van der Waals surface area contributed by atoms with Crippen molar-refractivity contribution in [2.45, 2.75) is 63.7 Å². The van der Waals surface area contributed by atoms with Crippen molar-refractivity contribution < 1.29 is 0 Å². The molecule has 0 nitrogen and oxygen atoms in total. The second kappa shape index (κ2) is 5.73. The minimum Gasteiger partial charge on any atom is -0.0704 e. The fourth-order valence-electron chi connectivity index (χ4n) is 3.79. The highest BCUT2D eigenvalue weighted by atomic mass is 14.3. The summed E-state index contributed by atoms with van der Waals surface area (Å²) in [5, 5.41) is 0. The summed E-state index contributed by atoms with van der Waals surface area (Å²) in [7, 11) is 0. The van der Waals surface area contributed by atoms with Crippen LogP contribution in [0.5, 0.6) is 0 Å². The maximum Gasteiger partial charge on any atom is 0.00508 e. The quantitative estimate of drug-likeness (QED) is 0.560. The molecular formula is C18H24. The third-order valence-corrected chi connectivity index (χ3v) is 4.72. The summed E-state index contributed by atoms with van der Waals surface area (Å²) >= 11 is 0. The van der Waals surface area contributed by atoms with Crippen molar-refractivity contribution in [1.29, 1.82) is 0 Å². The number of rotatable bonds is 1. The fourth-order valence-corrected chi connectivity index (χ4v) is 3.79. The topological polar surface area (TPSA) is 0 Å². The van der Waals surface area contributed by atoms with Crippen LogP contribution >= 0.6 is 0 Å². The van der Waals surface area contributed by atoms with Gasteiger partial charge in [0, 0.05) is 5.92 Å². The van der Waals surface area contributed by atoms with E-state index in [1.165, 1.54) is 57.8 Å². The molecule has 2 aliphatic carbocycles. The number of hydrogen-bond donors (Lipinski definition) is 0. The lowest BCUT2D eigenvalue weighted by Gasteiger charge is -2.30. The molecule has 1 aromatic rings. The Kier molecular flexibility index (Phi) is 3.83. The van der Waals surface area contributed by atoms with Crippen molar-refractivity contribution >= 4 is 0 Å². The molecule has 96 valence electrons. The van der Waals surface area contributed by atoms with Gasteiger partial charge in [0.15, 0.2) is 0 Å². The van der Waals surface area contributed by atoms with Crippen molar-refractivity contribution in [2.75, 3.05) is 0 Å². The number of allylic oxidation sites excluding steroid dienone is 2. The molecule has 0 heteroatoms. The standard InChI is InChI=1S/C18H24/c1-3-9-15(10-4-1)17-13-7-8-14-18(17)16-11-5-2-6-12-16/h1,3-4,9-10,17H,2,5-8,11-14H2. The smallest absolute Gasteiger partial charge is 0.00508 e. The minimum atomic E-state index is 0.744.